The molecule has 0 saturated carbocycles. The molecule has 0 aromatic carbocycles. The van der Waals surface area contributed by atoms with Gasteiger partial charge in [-0.15, -0.1) is 17.0 Å². The summed E-state index contributed by atoms with van der Waals surface area (Å²) in [7, 11) is 1.88. The van der Waals surface area contributed by atoms with Crippen molar-refractivity contribution in [3.05, 3.63) is 22.9 Å². The summed E-state index contributed by atoms with van der Waals surface area (Å²) in [6, 6.07) is 1.88. The van der Waals surface area contributed by atoms with E-state index in [4.69, 9.17) is 0 Å². The third kappa shape index (κ3) is 1.51. The van der Waals surface area contributed by atoms with Gasteiger partial charge in [-0.05, 0) is 22.0 Å². The van der Waals surface area contributed by atoms with E-state index in [0.717, 1.165) is 15.5 Å². The number of halogens is 2. The molecule has 0 amide bonds. The summed E-state index contributed by atoms with van der Waals surface area (Å²) >= 11 is 3.39. The number of pyridine rings is 1. The molecule has 2 rings (SSSR count). The summed E-state index contributed by atoms with van der Waals surface area (Å²) in [5, 5.41) is 4.22. The van der Waals surface area contributed by atoms with Crippen LogP contribution in [0, 0.1) is 0 Å². The Balaban J connectivity index is 0.000000720. The van der Waals surface area contributed by atoms with E-state index in [1.165, 1.54) is 0 Å². The van der Waals surface area contributed by atoms with Crippen molar-refractivity contribution >= 4 is 43.9 Å². The minimum atomic E-state index is 0. The lowest BCUT2D eigenvalue weighted by Gasteiger charge is -1.87. The van der Waals surface area contributed by atoms with Crippen LogP contribution in [0.3, 0.4) is 0 Å². The normalized spacial score (nSPS) is 9.83. The molecule has 0 spiro atoms. The second-order valence-electron chi connectivity index (χ2n) is 2.33. The molecule has 0 saturated heterocycles. The van der Waals surface area contributed by atoms with Crippen LogP contribution in [-0.4, -0.2) is 14.8 Å². The van der Waals surface area contributed by atoms with Crippen molar-refractivity contribution in [3.63, 3.8) is 0 Å². The fourth-order valence-corrected chi connectivity index (χ4v) is 1.40. The lowest BCUT2D eigenvalue weighted by Crippen LogP contribution is -1.85. The molecule has 12 heavy (non-hydrogen) atoms. The molecule has 0 bridgehead atoms. The van der Waals surface area contributed by atoms with E-state index in [0.29, 0.717) is 0 Å². The highest BCUT2D eigenvalue weighted by atomic mass is 79.9. The van der Waals surface area contributed by atoms with Gasteiger partial charge < -0.3 is 0 Å². The Morgan fingerprint density at radius 2 is 2.25 bits per heavy atom. The van der Waals surface area contributed by atoms with Gasteiger partial charge in [0.15, 0.2) is 0 Å². The summed E-state index contributed by atoms with van der Waals surface area (Å²) in [6.07, 6.45) is 3.65. The zero-order valence-electron chi connectivity index (χ0n) is 6.36. The van der Waals surface area contributed by atoms with Crippen LogP contribution in [0.4, 0.5) is 0 Å². The number of hydrogen-bond donors (Lipinski definition) is 0. The van der Waals surface area contributed by atoms with E-state index in [9.17, 15) is 0 Å². The fourth-order valence-electron chi connectivity index (χ4n) is 1.00. The molecule has 3 nitrogen and oxygen atoms in total. The number of aryl methyl sites for hydroxylation is 1. The lowest BCUT2D eigenvalue weighted by molar-refractivity contribution is 0.779. The second kappa shape index (κ2) is 3.53. The quantitative estimate of drug-likeness (QED) is 0.746. The van der Waals surface area contributed by atoms with Crippen molar-refractivity contribution < 1.29 is 0 Å². The average molecular weight is 293 g/mol. The van der Waals surface area contributed by atoms with Gasteiger partial charge in [0.1, 0.15) is 11.0 Å². The molecular formula is C7H7Br2N3. The van der Waals surface area contributed by atoms with E-state index < -0.39 is 0 Å². The van der Waals surface area contributed by atoms with Gasteiger partial charge in [0, 0.05) is 17.7 Å². The third-order valence-electron chi connectivity index (χ3n) is 1.47. The zero-order valence-corrected chi connectivity index (χ0v) is 9.66. The molecule has 2 heterocycles. The summed E-state index contributed by atoms with van der Waals surface area (Å²) in [5.74, 6) is 0. The largest absolute Gasteiger partial charge is 0.273 e. The minimum absolute atomic E-state index is 0. The molecule has 0 aliphatic carbocycles. The number of fused-ring (bicyclic) bond motifs is 1. The van der Waals surface area contributed by atoms with Crippen molar-refractivity contribution in [2.75, 3.05) is 0 Å². The van der Waals surface area contributed by atoms with Crippen LogP contribution in [-0.2, 0) is 7.05 Å². The minimum Gasteiger partial charge on any atom is -0.273 e. The zero-order chi connectivity index (χ0) is 7.84. The van der Waals surface area contributed by atoms with Crippen LogP contribution in [0.1, 0.15) is 0 Å². The van der Waals surface area contributed by atoms with E-state index >= 15 is 0 Å². The Morgan fingerprint density at radius 3 is 2.92 bits per heavy atom. The van der Waals surface area contributed by atoms with Gasteiger partial charge in [-0.3, -0.25) is 9.67 Å². The summed E-state index contributed by atoms with van der Waals surface area (Å²) in [4.78, 5) is 4.15. The van der Waals surface area contributed by atoms with E-state index in [1.807, 2.05) is 19.3 Å². The molecule has 2 aromatic heterocycles. The van der Waals surface area contributed by atoms with Crippen molar-refractivity contribution in [1.29, 1.82) is 0 Å². The number of rotatable bonds is 0. The van der Waals surface area contributed by atoms with E-state index in [1.54, 1.807) is 10.9 Å². The molecule has 2 aromatic rings. The van der Waals surface area contributed by atoms with Crippen LogP contribution in [0.2, 0.25) is 0 Å². The van der Waals surface area contributed by atoms with Gasteiger partial charge in [-0.2, -0.15) is 5.10 Å². The van der Waals surface area contributed by atoms with Crippen LogP contribution in [0.5, 0.6) is 0 Å². The van der Waals surface area contributed by atoms with Crippen LogP contribution < -0.4 is 0 Å². The van der Waals surface area contributed by atoms with Crippen molar-refractivity contribution in [1.82, 2.24) is 14.8 Å². The predicted molar refractivity (Wildman–Crippen MR) is 56.5 cm³/mol. The first kappa shape index (κ1) is 9.67. The van der Waals surface area contributed by atoms with Gasteiger partial charge in [-0.25, -0.2) is 0 Å². The van der Waals surface area contributed by atoms with E-state index in [2.05, 4.69) is 26.0 Å². The maximum atomic E-state index is 4.22. The van der Waals surface area contributed by atoms with Gasteiger partial charge in [-0.1, -0.05) is 0 Å². The molecule has 64 valence electrons. The Labute approximate surface area is 88.7 Å². The van der Waals surface area contributed by atoms with E-state index in [-0.39, 0.29) is 17.0 Å². The Hall–Kier alpha value is -0.420. The van der Waals surface area contributed by atoms with Gasteiger partial charge in [0.25, 0.3) is 0 Å². The smallest absolute Gasteiger partial charge is 0.125 e. The topological polar surface area (TPSA) is 30.7 Å². The number of hydrogen-bond acceptors (Lipinski definition) is 2. The SMILES string of the molecule is Br.Cn1cc2nccc(Br)c2n1. The van der Waals surface area contributed by atoms with Crippen molar-refractivity contribution in [3.8, 4) is 0 Å². The fraction of sp³-hybridized carbons (Fsp3) is 0.143. The molecule has 5 heteroatoms. The highest BCUT2D eigenvalue weighted by Gasteiger charge is 2.01. The lowest BCUT2D eigenvalue weighted by atomic mass is 10.4. The number of nitrogens with zero attached hydrogens (tertiary/aromatic N) is 3. The molecule has 0 aliphatic rings. The Bertz CT molecular complexity index is 396. The van der Waals surface area contributed by atoms with Crippen molar-refractivity contribution in [2.24, 2.45) is 7.05 Å². The monoisotopic (exact) mass is 291 g/mol. The van der Waals surface area contributed by atoms with Gasteiger partial charge in [0.05, 0.1) is 6.20 Å². The average Bonchev–Trinajstić information content (AvgIpc) is 2.31. The van der Waals surface area contributed by atoms with Crippen LogP contribution in [0.25, 0.3) is 11.0 Å². The molecule has 0 radical (unpaired) electrons. The maximum absolute atomic E-state index is 4.22. The first-order chi connectivity index (χ1) is 5.27. The van der Waals surface area contributed by atoms with Gasteiger partial charge in [0.2, 0.25) is 0 Å². The maximum Gasteiger partial charge on any atom is 0.125 e. The summed E-state index contributed by atoms with van der Waals surface area (Å²) in [5.41, 5.74) is 1.83. The standard InChI is InChI=1S/C7H6BrN3.BrH/c1-11-4-6-7(10-11)5(8)2-3-9-6;/h2-4H,1H3;1H. The summed E-state index contributed by atoms with van der Waals surface area (Å²) < 4.78 is 2.74. The van der Waals surface area contributed by atoms with Crippen molar-refractivity contribution in [2.45, 2.75) is 0 Å². The first-order valence-electron chi connectivity index (χ1n) is 3.21. The van der Waals surface area contributed by atoms with Crippen LogP contribution >= 0.6 is 32.9 Å². The third-order valence-corrected chi connectivity index (χ3v) is 2.11. The van der Waals surface area contributed by atoms with Gasteiger partial charge >= 0.3 is 0 Å². The Kier molecular flexibility index (Phi) is 2.85. The molecule has 0 atom stereocenters. The number of aromatic nitrogens is 3. The summed E-state index contributed by atoms with van der Waals surface area (Å²) in [6.45, 7) is 0. The molecule has 0 fully saturated rings. The predicted octanol–water partition coefficient (Wildman–Crippen LogP) is 2.31. The van der Waals surface area contributed by atoms with Crippen LogP contribution in [0.15, 0.2) is 22.9 Å². The molecule has 0 N–H and O–H groups in total. The highest BCUT2D eigenvalue weighted by Crippen LogP contribution is 2.18. The Morgan fingerprint density at radius 1 is 1.50 bits per heavy atom. The molecular weight excluding hydrogens is 286 g/mol. The molecule has 0 aliphatic heterocycles. The molecule has 0 unspecified atom stereocenters. The highest BCUT2D eigenvalue weighted by molar-refractivity contribution is 9.10. The first-order valence-corrected chi connectivity index (χ1v) is 4.00. The second-order valence-corrected chi connectivity index (χ2v) is 3.18.